The highest BCUT2D eigenvalue weighted by molar-refractivity contribution is 9.10. The van der Waals surface area contributed by atoms with E-state index in [1.165, 1.54) is 5.56 Å². The molecule has 19 heavy (non-hydrogen) atoms. The van der Waals surface area contributed by atoms with Gasteiger partial charge >= 0.3 is 0 Å². The van der Waals surface area contributed by atoms with Crippen LogP contribution in [-0.2, 0) is 4.79 Å². The van der Waals surface area contributed by atoms with Crippen molar-refractivity contribution in [2.75, 3.05) is 0 Å². The predicted molar refractivity (Wildman–Crippen MR) is 84.6 cm³/mol. The van der Waals surface area contributed by atoms with Crippen molar-refractivity contribution in [3.63, 3.8) is 0 Å². The normalized spacial score (nSPS) is 14.5. The zero-order valence-electron chi connectivity index (χ0n) is 12.4. The van der Waals surface area contributed by atoms with Gasteiger partial charge in [-0.15, -0.1) is 0 Å². The Morgan fingerprint density at radius 1 is 1.00 bits per heavy atom. The molecule has 0 aliphatic rings. The lowest BCUT2D eigenvalue weighted by Gasteiger charge is -2.19. The zero-order chi connectivity index (χ0) is 14.6. The fraction of sp³-hybridized carbons (Fsp3) is 0.562. The molecule has 0 radical (unpaired) electrons. The van der Waals surface area contributed by atoms with E-state index < -0.39 is 0 Å². The molecule has 0 fully saturated rings. The molecule has 0 spiro atoms. The summed E-state index contributed by atoms with van der Waals surface area (Å²) < 4.78 is 0. The first kappa shape index (κ1) is 16.2. The van der Waals surface area contributed by atoms with E-state index in [0.717, 1.165) is 5.56 Å². The van der Waals surface area contributed by atoms with Crippen LogP contribution in [0.1, 0.15) is 57.7 Å². The van der Waals surface area contributed by atoms with Gasteiger partial charge in [0.1, 0.15) is 0 Å². The Labute approximate surface area is 125 Å². The zero-order valence-corrected chi connectivity index (χ0v) is 14.0. The minimum absolute atomic E-state index is 0.0347. The first-order valence-electron chi connectivity index (χ1n) is 6.87. The second-order valence-electron chi connectivity index (χ2n) is 5.70. The number of halogens is 1. The summed E-state index contributed by atoms with van der Waals surface area (Å²) in [6.45, 7) is 10.4. The molecule has 2 unspecified atom stereocenters. The molecule has 2 atom stereocenters. The van der Waals surface area contributed by atoms with Crippen LogP contribution < -0.4 is 5.32 Å². The monoisotopic (exact) mass is 325 g/mol. The van der Waals surface area contributed by atoms with Crippen LogP contribution in [0.3, 0.4) is 0 Å². The van der Waals surface area contributed by atoms with Gasteiger partial charge in [0, 0.05) is 0 Å². The molecule has 0 saturated carbocycles. The second-order valence-corrected chi connectivity index (χ2v) is 6.68. The average molecular weight is 326 g/mol. The molecule has 3 heteroatoms. The maximum absolute atomic E-state index is 12.0. The Hall–Kier alpha value is -0.830. The van der Waals surface area contributed by atoms with E-state index in [4.69, 9.17) is 0 Å². The number of carbonyl (C=O) groups excluding carboxylic acids is 1. The predicted octanol–water partition coefficient (Wildman–Crippen LogP) is 4.41. The maximum Gasteiger partial charge on any atom is 0.234 e. The van der Waals surface area contributed by atoms with E-state index in [1.54, 1.807) is 0 Å². The Morgan fingerprint density at radius 3 is 1.89 bits per heavy atom. The van der Waals surface area contributed by atoms with Gasteiger partial charge in [-0.1, -0.05) is 67.9 Å². The number of hydrogen-bond donors (Lipinski definition) is 1. The van der Waals surface area contributed by atoms with Gasteiger partial charge in [-0.3, -0.25) is 4.79 Å². The topological polar surface area (TPSA) is 29.1 Å². The van der Waals surface area contributed by atoms with Crippen LogP contribution in [0.4, 0.5) is 0 Å². The van der Waals surface area contributed by atoms with Crippen LogP contribution >= 0.6 is 15.9 Å². The van der Waals surface area contributed by atoms with Crippen molar-refractivity contribution >= 4 is 21.8 Å². The number of carbonyl (C=O) groups is 1. The quantitative estimate of drug-likeness (QED) is 0.798. The lowest BCUT2D eigenvalue weighted by atomic mass is 9.99. The molecule has 1 amide bonds. The summed E-state index contributed by atoms with van der Waals surface area (Å²) in [5, 5.41) is 3.04. The van der Waals surface area contributed by atoms with E-state index in [0.29, 0.717) is 5.92 Å². The minimum atomic E-state index is -0.134. The standard InChI is InChI=1S/C16H24BrNO/c1-10(2)13-6-8-14(9-7-13)12(5)18-16(19)15(17)11(3)4/h6-12,15H,1-5H3,(H,18,19). The molecule has 1 N–H and O–H groups in total. The molecule has 1 aromatic carbocycles. The molecule has 0 bridgehead atoms. The first-order valence-corrected chi connectivity index (χ1v) is 7.78. The minimum Gasteiger partial charge on any atom is -0.349 e. The third kappa shape index (κ3) is 4.64. The van der Waals surface area contributed by atoms with Crippen LogP contribution in [0.5, 0.6) is 0 Å². The van der Waals surface area contributed by atoms with Crippen LogP contribution in [0.25, 0.3) is 0 Å². The molecule has 1 aromatic rings. The Kier molecular flexibility index (Phi) is 6.05. The van der Waals surface area contributed by atoms with Crippen molar-refractivity contribution < 1.29 is 4.79 Å². The molecular formula is C16H24BrNO. The Bertz CT molecular complexity index is 411. The number of rotatable bonds is 5. The summed E-state index contributed by atoms with van der Waals surface area (Å²) >= 11 is 3.43. The van der Waals surface area contributed by atoms with E-state index in [-0.39, 0.29) is 22.7 Å². The molecule has 2 nitrogen and oxygen atoms in total. The van der Waals surface area contributed by atoms with Crippen molar-refractivity contribution in [3.05, 3.63) is 35.4 Å². The van der Waals surface area contributed by atoms with Gasteiger partial charge in [0.15, 0.2) is 0 Å². The van der Waals surface area contributed by atoms with Crippen LogP contribution in [0.15, 0.2) is 24.3 Å². The van der Waals surface area contributed by atoms with Gasteiger partial charge in [-0.05, 0) is 29.9 Å². The highest BCUT2D eigenvalue weighted by Crippen LogP contribution is 2.20. The highest BCUT2D eigenvalue weighted by Gasteiger charge is 2.20. The molecule has 0 saturated heterocycles. The third-order valence-electron chi connectivity index (χ3n) is 3.30. The highest BCUT2D eigenvalue weighted by atomic mass is 79.9. The van der Waals surface area contributed by atoms with Crippen LogP contribution in [0, 0.1) is 5.92 Å². The largest absolute Gasteiger partial charge is 0.349 e. The van der Waals surface area contributed by atoms with Gasteiger partial charge in [0.2, 0.25) is 5.91 Å². The van der Waals surface area contributed by atoms with Gasteiger partial charge in [0.25, 0.3) is 0 Å². The summed E-state index contributed by atoms with van der Waals surface area (Å²) in [6, 6.07) is 8.50. The first-order chi connectivity index (χ1) is 8.82. The van der Waals surface area contributed by atoms with Crippen molar-refractivity contribution in [2.45, 2.75) is 51.4 Å². The molecule has 1 rings (SSSR count). The lowest BCUT2D eigenvalue weighted by Crippen LogP contribution is -2.35. The summed E-state index contributed by atoms with van der Waals surface area (Å²) in [5.41, 5.74) is 2.46. The number of nitrogens with one attached hydrogen (secondary N) is 1. The fourth-order valence-corrected chi connectivity index (χ4v) is 1.98. The van der Waals surface area contributed by atoms with Crippen molar-refractivity contribution in [1.29, 1.82) is 0 Å². The molecule has 0 aliphatic heterocycles. The van der Waals surface area contributed by atoms with E-state index >= 15 is 0 Å². The fourth-order valence-electron chi connectivity index (χ4n) is 1.85. The second kappa shape index (κ2) is 7.09. The average Bonchev–Trinajstić information content (AvgIpc) is 2.37. The number of hydrogen-bond acceptors (Lipinski definition) is 1. The van der Waals surface area contributed by atoms with Crippen LogP contribution in [-0.4, -0.2) is 10.7 Å². The van der Waals surface area contributed by atoms with Gasteiger partial charge < -0.3 is 5.32 Å². The number of amides is 1. The molecule has 0 aromatic heterocycles. The Balaban J connectivity index is 2.68. The number of alkyl halides is 1. The molecule has 0 aliphatic carbocycles. The SMILES string of the molecule is CC(C)c1ccc(C(C)NC(=O)C(Br)C(C)C)cc1. The van der Waals surface area contributed by atoms with E-state index in [9.17, 15) is 4.79 Å². The number of benzene rings is 1. The molecular weight excluding hydrogens is 302 g/mol. The Morgan fingerprint density at radius 2 is 1.47 bits per heavy atom. The van der Waals surface area contributed by atoms with Crippen molar-refractivity contribution in [2.24, 2.45) is 5.92 Å². The van der Waals surface area contributed by atoms with Crippen LogP contribution in [0.2, 0.25) is 0 Å². The summed E-state index contributed by atoms with van der Waals surface area (Å²) in [4.78, 5) is 11.9. The smallest absolute Gasteiger partial charge is 0.234 e. The van der Waals surface area contributed by atoms with Crippen molar-refractivity contribution in [3.8, 4) is 0 Å². The summed E-state index contributed by atoms with van der Waals surface area (Å²) in [5.74, 6) is 0.873. The van der Waals surface area contributed by atoms with Gasteiger partial charge in [0.05, 0.1) is 10.9 Å². The van der Waals surface area contributed by atoms with Gasteiger partial charge in [-0.25, -0.2) is 0 Å². The van der Waals surface area contributed by atoms with E-state index in [2.05, 4.69) is 59.4 Å². The molecule has 106 valence electrons. The molecule has 0 heterocycles. The summed E-state index contributed by atoms with van der Waals surface area (Å²) in [6.07, 6.45) is 0. The third-order valence-corrected chi connectivity index (χ3v) is 4.77. The maximum atomic E-state index is 12.0. The van der Waals surface area contributed by atoms with E-state index in [1.807, 2.05) is 20.8 Å². The van der Waals surface area contributed by atoms with Crippen molar-refractivity contribution in [1.82, 2.24) is 5.32 Å². The lowest BCUT2D eigenvalue weighted by molar-refractivity contribution is -0.121. The summed E-state index contributed by atoms with van der Waals surface area (Å²) in [7, 11) is 0. The van der Waals surface area contributed by atoms with Gasteiger partial charge in [-0.2, -0.15) is 0 Å².